The van der Waals surface area contributed by atoms with Crippen LogP contribution < -0.4 is 32.1 Å². The largest absolute Gasteiger partial charge is 0.506 e. The van der Waals surface area contributed by atoms with E-state index in [1.807, 2.05) is 0 Å². The molecule has 0 spiro atoms. The molecule has 5 amide bonds. The van der Waals surface area contributed by atoms with Gasteiger partial charge in [0.2, 0.25) is 18.2 Å². The fraction of sp³-hybridized carbons (Fsp3) is 0.190. The molecule has 0 unspecified atom stereocenters. The Hall–Kier alpha value is -4.65. The SMILES string of the molecule is NCC(=O)NCC(=O)N[C@@H](Cc1ccc(O)c(N(NC=O)C(=O)Nc2ccccc2)c1)C(=O)O. The van der Waals surface area contributed by atoms with E-state index in [4.69, 9.17) is 5.73 Å². The van der Waals surface area contributed by atoms with E-state index in [0.717, 1.165) is 5.01 Å². The van der Waals surface area contributed by atoms with Crippen LogP contribution in [0.4, 0.5) is 16.2 Å². The number of amides is 5. The second kappa shape index (κ2) is 12.4. The van der Waals surface area contributed by atoms with Crippen LogP contribution in [0.2, 0.25) is 0 Å². The molecule has 0 aliphatic rings. The summed E-state index contributed by atoms with van der Waals surface area (Å²) in [6, 6.07) is 10.1. The molecule has 0 radical (unpaired) electrons. The van der Waals surface area contributed by atoms with Crippen molar-refractivity contribution in [2.24, 2.45) is 5.73 Å². The first kappa shape index (κ1) is 25.6. The zero-order valence-corrected chi connectivity index (χ0v) is 17.9. The van der Waals surface area contributed by atoms with E-state index in [-0.39, 0.29) is 30.8 Å². The lowest BCUT2D eigenvalue weighted by Crippen LogP contribution is -2.47. The lowest BCUT2D eigenvalue weighted by Gasteiger charge is -2.23. The minimum absolute atomic E-state index is 0.135. The molecule has 0 heterocycles. The third kappa shape index (κ3) is 7.49. The summed E-state index contributed by atoms with van der Waals surface area (Å²) in [5.41, 5.74) is 7.91. The van der Waals surface area contributed by atoms with Crippen LogP contribution in [0, 0.1) is 0 Å². The number of carbonyl (C=O) groups excluding carboxylic acids is 4. The zero-order chi connectivity index (χ0) is 25.1. The summed E-state index contributed by atoms with van der Waals surface area (Å²) in [6.45, 7) is -0.785. The highest BCUT2D eigenvalue weighted by Gasteiger charge is 2.23. The number of hydrogen-bond acceptors (Lipinski definition) is 7. The monoisotopic (exact) mass is 472 g/mol. The van der Waals surface area contributed by atoms with Gasteiger partial charge in [0.25, 0.3) is 0 Å². The van der Waals surface area contributed by atoms with Gasteiger partial charge in [-0.25, -0.2) is 9.59 Å². The third-order valence-electron chi connectivity index (χ3n) is 4.40. The van der Waals surface area contributed by atoms with Gasteiger partial charge in [-0.2, -0.15) is 5.01 Å². The van der Waals surface area contributed by atoms with Gasteiger partial charge in [-0.3, -0.25) is 19.8 Å². The molecule has 13 heteroatoms. The first-order valence-corrected chi connectivity index (χ1v) is 9.92. The van der Waals surface area contributed by atoms with Gasteiger partial charge >= 0.3 is 12.0 Å². The lowest BCUT2D eigenvalue weighted by molar-refractivity contribution is -0.141. The summed E-state index contributed by atoms with van der Waals surface area (Å²) in [5.74, 6) is -3.05. The molecule has 13 nitrogen and oxygen atoms in total. The summed E-state index contributed by atoms with van der Waals surface area (Å²) in [5, 5.41) is 27.5. The number of urea groups is 1. The standard InChI is InChI=1S/C21H24N6O7/c22-10-18(30)23-11-19(31)26-15(20(32)33)8-13-6-7-17(29)16(9-13)27(24-12-28)21(34)25-14-4-2-1-3-5-14/h1-7,9,12,15,29H,8,10-11,22H2,(H,23,30)(H,24,28)(H,25,34)(H,26,31)(H,32,33)/t15-/m0/s1. The maximum absolute atomic E-state index is 12.7. The Bertz CT molecular complexity index is 1050. The number of carboxylic acid groups (broad SMARTS) is 1. The van der Waals surface area contributed by atoms with Crippen molar-refractivity contribution in [1.29, 1.82) is 0 Å². The van der Waals surface area contributed by atoms with Crippen molar-refractivity contribution in [3.63, 3.8) is 0 Å². The predicted octanol–water partition coefficient (Wildman–Crippen LogP) is -0.721. The van der Waals surface area contributed by atoms with E-state index >= 15 is 0 Å². The number of phenolic OH excluding ortho intramolecular Hbond substituents is 1. The van der Waals surface area contributed by atoms with Crippen LogP contribution in [0.3, 0.4) is 0 Å². The van der Waals surface area contributed by atoms with E-state index in [0.29, 0.717) is 11.3 Å². The number of carbonyl (C=O) groups is 5. The molecular formula is C21H24N6O7. The van der Waals surface area contributed by atoms with Crippen LogP contribution in [-0.2, 0) is 25.6 Å². The van der Waals surface area contributed by atoms with Crippen LogP contribution in [0.1, 0.15) is 5.56 Å². The van der Waals surface area contributed by atoms with Gasteiger partial charge in [0.05, 0.1) is 13.1 Å². The summed E-state index contributed by atoms with van der Waals surface area (Å²) in [6.07, 6.45) is 0.00101. The number of para-hydroxylation sites is 1. The molecule has 180 valence electrons. The Morgan fingerprint density at radius 1 is 1.06 bits per heavy atom. The quantitative estimate of drug-likeness (QED) is 0.164. The highest BCUT2D eigenvalue weighted by molar-refractivity contribution is 6.03. The lowest BCUT2D eigenvalue weighted by atomic mass is 10.0. The van der Waals surface area contributed by atoms with Crippen LogP contribution >= 0.6 is 0 Å². The van der Waals surface area contributed by atoms with Crippen molar-refractivity contribution in [3.8, 4) is 5.75 Å². The van der Waals surface area contributed by atoms with E-state index in [1.165, 1.54) is 18.2 Å². The number of benzene rings is 2. The molecule has 2 rings (SSSR count). The summed E-state index contributed by atoms with van der Waals surface area (Å²) in [7, 11) is 0. The molecule has 1 atom stereocenters. The Balaban J connectivity index is 2.20. The molecule has 0 saturated carbocycles. The number of nitrogens with two attached hydrogens (primary N) is 1. The second-order valence-electron chi connectivity index (χ2n) is 6.84. The van der Waals surface area contributed by atoms with E-state index in [9.17, 15) is 34.2 Å². The minimum Gasteiger partial charge on any atom is -0.506 e. The summed E-state index contributed by atoms with van der Waals surface area (Å²) in [4.78, 5) is 58.5. The van der Waals surface area contributed by atoms with Gasteiger partial charge in [0.15, 0.2) is 0 Å². The Morgan fingerprint density at radius 2 is 1.76 bits per heavy atom. The second-order valence-corrected chi connectivity index (χ2v) is 6.84. The van der Waals surface area contributed by atoms with Crippen molar-refractivity contribution < 1.29 is 34.2 Å². The van der Waals surface area contributed by atoms with Gasteiger partial charge in [0.1, 0.15) is 17.5 Å². The number of rotatable bonds is 11. The van der Waals surface area contributed by atoms with Crippen molar-refractivity contribution >= 4 is 41.6 Å². The fourth-order valence-electron chi connectivity index (χ4n) is 2.80. The number of aromatic hydroxyl groups is 1. The molecule has 0 fully saturated rings. The molecule has 34 heavy (non-hydrogen) atoms. The zero-order valence-electron chi connectivity index (χ0n) is 17.9. The van der Waals surface area contributed by atoms with E-state index in [1.54, 1.807) is 30.3 Å². The van der Waals surface area contributed by atoms with Crippen LogP contribution in [0.15, 0.2) is 48.5 Å². The smallest absolute Gasteiger partial charge is 0.345 e. The Morgan fingerprint density at radius 3 is 2.38 bits per heavy atom. The van der Waals surface area contributed by atoms with Crippen LogP contribution in [0.5, 0.6) is 5.75 Å². The molecule has 0 aliphatic carbocycles. The summed E-state index contributed by atoms with van der Waals surface area (Å²) >= 11 is 0. The number of nitrogens with one attached hydrogen (secondary N) is 4. The maximum atomic E-state index is 12.7. The molecule has 0 aliphatic heterocycles. The molecule has 8 N–H and O–H groups in total. The predicted molar refractivity (Wildman–Crippen MR) is 121 cm³/mol. The van der Waals surface area contributed by atoms with Crippen molar-refractivity contribution in [2.45, 2.75) is 12.5 Å². The molecule has 0 saturated heterocycles. The number of phenols is 1. The number of hydrazine groups is 1. The van der Waals surface area contributed by atoms with Crippen molar-refractivity contribution in [3.05, 3.63) is 54.1 Å². The average molecular weight is 472 g/mol. The van der Waals surface area contributed by atoms with Crippen LogP contribution in [0.25, 0.3) is 0 Å². The molecule has 0 aromatic heterocycles. The van der Waals surface area contributed by atoms with Crippen molar-refractivity contribution in [2.75, 3.05) is 23.4 Å². The van der Waals surface area contributed by atoms with E-state index < -0.39 is 36.4 Å². The topological polar surface area (TPSA) is 203 Å². The molecule has 2 aromatic rings. The highest BCUT2D eigenvalue weighted by atomic mass is 16.4. The number of nitrogens with zero attached hydrogens (tertiary/aromatic N) is 1. The number of aliphatic carboxylic acids is 1. The average Bonchev–Trinajstić information content (AvgIpc) is 2.82. The normalized spacial score (nSPS) is 11.0. The van der Waals surface area contributed by atoms with Crippen LogP contribution in [-0.4, -0.2) is 59.6 Å². The fourth-order valence-corrected chi connectivity index (χ4v) is 2.80. The van der Waals surface area contributed by atoms with Gasteiger partial charge in [-0.05, 0) is 29.8 Å². The third-order valence-corrected chi connectivity index (χ3v) is 4.40. The first-order valence-electron chi connectivity index (χ1n) is 9.92. The van der Waals surface area contributed by atoms with Crippen molar-refractivity contribution in [1.82, 2.24) is 16.1 Å². The Kier molecular flexibility index (Phi) is 9.34. The van der Waals surface area contributed by atoms with Gasteiger partial charge in [0, 0.05) is 12.1 Å². The van der Waals surface area contributed by atoms with E-state index in [2.05, 4.69) is 21.4 Å². The van der Waals surface area contributed by atoms with Gasteiger partial charge in [-0.15, -0.1) is 0 Å². The summed E-state index contributed by atoms with van der Waals surface area (Å²) < 4.78 is 0. The molecule has 2 aromatic carbocycles. The molecule has 0 bridgehead atoms. The first-order chi connectivity index (χ1) is 16.2. The number of carboxylic acids is 1. The number of hydrogen-bond donors (Lipinski definition) is 7. The maximum Gasteiger partial charge on any atom is 0.345 e. The number of anilines is 2. The Labute approximate surface area is 193 Å². The van der Waals surface area contributed by atoms with Gasteiger partial charge in [-0.1, -0.05) is 24.3 Å². The molecular weight excluding hydrogens is 448 g/mol. The van der Waals surface area contributed by atoms with Gasteiger partial charge < -0.3 is 31.9 Å². The minimum atomic E-state index is -1.38. The highest BCUT2D eigenvalue weighted by Crippen LogP contribution is 2.28.